The Hall–Kier alpha value is -3.49. The Balaban J connectivity index is 1.26. The summed E-state index contributed by atoms with van der Waals surface area (Å²) in [7, 11) is 0. The highest BCUT2D eigenvalue weighted by molar-refractivity contribution is 5.84. The van der Waals surface area contributed by atoms with Crippen LogP contribution in [0.5, 0.6) is 0 Å². The van der Waals surface area contributed by atoms with Crippen LogP contribution in [0.3, 0.4) is 0 Å². The summed E-state index contributed by atoms with van der Waals surface area (Å²) in [6.07, 6.45) is 0.450. The van der Waals surface area contributed by atoms with Crippen LogP contribution in [0.1, 0.15) is 42.7 Å². The molecule has 1 saturated heterocycles. The van der Waals surface area contributed by atoms with Gasteiger partial charge >= 0.3 is 18.0 Å². The number of nitrogens with one attached hydrogen (secondary N) is 1. The maximum absolute atomic E-state index is 14.5. The van der Waals surface area contributed by atoms with E-state index in [0.717, 1.165) is 27.2 Å². The van der Waals surface area contributed by atoms with Crippen molar-refractivity contribution >= 4 is 18.0 Å². The topological polar surface area (TPSA) is 95.9 Å². The lowest BCUT2D eigenvalue weighted by Crippen LogP contribution is -2.52. The molecule has 186 valence electrons. The summed E-state index contributed by atoms with van der Waals surface area (Å²) in [5.74, 6) is -6.10. The standard InChI is InChI=1S/C26H28F2N2O5/c27-26(28,24(33)30-13-11-17(12-14-30)9-10-23(31)32)16-29-25(34)35-15-22-20-7-3-1-5-18(20)19-6-2-4-8-21(19)22/h1-8,17,22H,9-16H2,(H,29,34)(H,31,32). The Morgan fingerprint density at radius 2 is 1.57 bits per heavy atom. The molecular formula is C26H28F2N2O5. The Morgan fingerprint density at radius 3 is 2.14 bits per heavy atom. The lowest BCUT2D eigenvalue weighted by Gasteiger charge is -2.33. The monoisotopic (exact) mass is 486 g/mol. The summed E-state index contributed by atoms with van der Waals surface area (Å²) in [6, 6.07) is 15.6. The van der Waals surface area contributed by atoms with Gasteiger partial charge in [0.1, 0.15) is 6.61 Å². The molecule has 0 saturated carbocycles. The van der Waals surface area contributed by atoms with Gasteiger partial charge < -0.3 is 20.1 Å². The normalized spacial score (nSPS) is 15.9. The summed E-state index contributed by atoms with van der Waals surface area (Å²) in [6.45, 7) is -0.877. The summed E-state index contributed by atoms with van der Waals surface area (Å²) < 4.78 is 34.3. The molecule has 0 aromatic heterocycles. The molecule has 1 fully saturated rings. The predicted molar refractivity (Wildman–Crippen MR) is 124 cm³/mol. The van der Waals surface area contributed by atoms with Crippen molar-refractivity contribution in [2.24, 2.45) is 5.92 Å². The molecule has 2 aromatic carbocycles. The number of likely N-dealkylation sites (tertiary alicyclic amines) is 1. The van der Waals surface area contributed by atoms with Crippen molar-refractivity contribution in [1.29, 1.82) is 0 Å². The number of nitrogens with zero attached hydrogens (tertiary/aromatic N) is 1. The van der Waals surface area contributed by atoms with Crippen LogP contribution in [0, 0.1) is 5.92 Å². The molecule has 2 amide bonds. The van der Waals surface area contributed by atoms with Gasteiger partial charge in [0, 0.05) is 25.4 Å². The molecule has 2 aromatic rings. The van der Waals surface area contributed by atoms with Gasteiger partial charge in [0.05, 0.1) is 6.54 Å². The fraction of sp³-hybridized carbons (Fsp3) is 0.423. The average molecular weight is 487 g/mol. The fourth-order valence-electron chi connectivity index (χ4n) is 4.89. The van der Waals surface area contributed by atoms with Crippen molar-refractivity contribution < 1.29 is 33.0 Å². The smallest absolute Gasteiger partial charge is 0.407 e. The minimum Gasteiger partial charge on any atom is -0.481 e. The maximum Gasteiger partial charge on any atom is 0.407 e. The van der Waals surface area contributed by atoms with Crippen molar-refractivity contribution in [2.45, 2.75) is 37.5 Å². The van der Waals surface area contributed by atoms with Crippen molar-refractivity contribution in [2.75, 3.05) is 26.2 Å². The number of benzene rings is 2. The number of halogens is 2. The second kappa shape index (κ2) is 10.4. The van der Waals surface area contributed by atoms with Gasteiger partial charge in [-0.2, -0.15) is 8.78 Å². The molecule has 2 N–H and O–H groups in total. The van der Waals surface area contributed by atoms with Gasteiger partial charge in [0.25, 0.3) is 5.91 Å². The van der Waals surface area contributed by atoms with Crippen LogP contribution in [0.25, 0.3) is 11.1 Å². The number of piperidine rings is 1. The van der Waals surface area contributed by atoms with Gasteiger partial charge in [-0.3, -0.25) is 9.59 Å². The number of fused-ring (bicyclic) bond motifs is 3. The lowest BCUT2D eigenvalue weighted by atomic mass is 9.92. The average Bonchev–Trinajstić information content (AvgIpc) is 3.18. The van der Waals surface area contributed by atoms with Gasteiger partial charge in [-0.05, 0) is 47.4 Å². The number of alkyl halides is 2. The highest BCUT2D eigenvalue weighted by Crippen LogP contribution is 2.44. The Bertz CT molecular complexity index is 1050. The SMILES string of the molecule is O=C(O)CCC1CCN(C(=O)C(F)(F)CNC(=O)OCC2c3ccccc3-c3ccccc32)CC1. The van der Waals surface area contributed by atoms with Crippen LogP contribution in [-0.2, 0) is 14.3 Å². The zero-order valence-electron chi connectivity index (χ0n) is 19.2. The lowest BCUT2D eigenvalue weighted by molar-refractivity contribution is -0.158. The number of carboxylic acid groups (broad SMARTS) is 1. The van der Waals surface area contributed by atoms with Crippen molar-refractivity contribution in [3.8, 4) is 11.1 Å². The van der Waals surface area contributed by atoms with E-state index < -0.39 is 30.4 Å². The number of rotatable bonds is 8. The van der Waals surface area contributed by atoms with Crippen LogP contribution < -0.4 is 5.32 Å². The fourth-order valence-corrected chi connectivity index (χ4v) is 4.89. The second-order valence-electron chi connectivity index (χ2n) is 9.05. The van der Waals surface area contributed by atoms with E-state index in [9.17, 15) is 23.2 Å². The number of ether oxygens (including phenoxy) is 1. The highest BCUT2D eigenvalue weighted by Gasteiger charge is 2.43. The summed E-state index contributed by atoms with van der Waals surface area (Å²) >= 11 is 0. The van der Waals surface area contributed by atoms with E-state index in [1.54, 1.807) is 0 Å². The first-order valence-corrected chi connectivity index (χ1v) is 11.7. The van der Waals surface area contributed by atoms with E-state index in [1.165, 1.54) is 0 Å². The van der Waals surface area contributed by atoms with Crippen LogP contribution in [0.2, 0.25) is 0 Å². The molecular weight excluding hydrogens is 458 g/mol. The Morgan fingerprint density at radius 1 is 1.00 bits per heavy atom. The zero-order chi connectivity index (χ0) is 25.0. The molecule has 0 unspecified atom stereocenters. The quantitative estimate of drug-likeness (QED) is 0.581. The number of carboxylic acids is 1. The largest absolute Gasteiger partial charge is 0.481 e. The Labute approximate surface area is 202 Å². The molecule has 1 aliphatic heterocycles. The maximum atomic E-state index is 14.5. The molecule has 4 rings (SSSR count). The minimum absolute atomic E-state index is 0.0107. The summed E-state index contributed by atoms with van der Waals surface area (Å²) in [5, 5.41) is 10.8. The molecule has 2 aliphatic rings. The molecule has 9 heteroatoms. The minimum atomic E-state index is -3.76. The number of carbonyl (C=O) groups excluding carboxylic acids is 2. The second-order valence-corrected chi connectivity index (χ2v) is 9.05. The van der Waals surface area contributed by atoms with Crippen LogP contribution in [0.15, 0.2) is 48.5 Å². The number of amides is 2. The zero-order valence-corrected chi connectivity index (χ0v) is 19.2. The van der Waals surface area contributed by atoms with E-state index in [-0.39, 0.29) is 38.0 Å². The van der Waals surface area contributed by atoms with E-state index in [0.29, 0.717) is 19.3 Å². The van der Waals surface area contributed by atoms with Crippen molar-refractivity contribution in [1.82, 2.24) is 10.2 Å². The van der Waals surface area contributed by atoms with E-state index in [1.807, 2.05) is 53.8 Å². The van der Waals surface area contributed by atoms with E-state index in [2.05, 4.69) is 0 Å². The molecule has 0 spiro atoms. The first kappa shape index (κ1) is 24.6. The Kier molecular flexibility index (Phi) is 7.33. The number of hydrogen-bond acceptors (Lipinski definition) is 4. The molecule has 1 aliphatic carbocycles. The molecule has 0 bridgehead atoms. The first-order chi connectivity index (χ1) is 16.8. The number of carbonyl (C=O) groups is 3. The van der Waals surface area contributed by atoms with Gasteiger partial charge in [0.15, 0.2) is 0 Å². The number of hydrogen-bond donors (Lipinski definition) is 2. The molecule has 0 atom stereocenters. The van der Waals surface area contributed by atoms with Gasteiger partial charge in [-0.15, -0.1) is 0 Å². The molecule has 35 heavy (non-hydrogen) atoms. The van der Waals surface area contributed by atoms with Crippen molar-refractivity contribution in [3.05, 3.63) is 59.7 Å². The molecule has 1 heterocycles. The first-order valence-electron chi connectivity index (χ1n) is 11.7. The van der Waals surface area contributed by atoms with Crippen molar-refractivity contribution in [3.63, 3.8) is 0 Å². The van der Waals surface area contributed by atoms with E-state index in [4.69, 9.17) is 9.84 Å². The van der Waals surface area contributed by atoms with Gasteiger partial charge in [-0.1, -0.05) is 48.5 Å². The van der Waals surface area contributed by atoms with Crippen LogP contribution in [-0.4, -0.2) is 60.1 Å². The predicted octanol–water partition coefficient (Wildman–Crippen LogP) is 4.26. The number of alkyl carbamates (subject to hydrolysis) is 1. The summed E-state index contributed by atoms with van der Waals surface area (Å²) in [5.41, 5.74) is 4.13. The van der Waals surface area contributed by atoms with Crippen LogP contribution >= 0.6 is 0 Å². The third kappa shape index (κ3) is 5.61. The number of aliphatic carboxylic acids is 1. The third-order valence-corrected chi connectivity index (χ3v) is 6.78. The van der Waals surface area contributed by atoms with Crippen LogP contribution in [0.4, 0.5) is 13.6 Å². The summed E-state index contributed by atoms with van der Waals surface area (Å²) in [4.78, 5) is 36.3. The molecule has 0 radical (unpaired) electrons. The molecule has 7 nitrogen and oxygen atoms in total. The van der Waals surface area contributed by atoms with Gasteiger partial charge in [-0.25, -0.2) is 4.79 Å². The third-order valence-electron chi connectivity index (χ3n) is 6.78. The highest BCUT2D eigenvalue weighted by atomic mass is 19.3. The van der Waals surface area contributed by atoms with Gasteiger partial charge in [0.2, 0.25) is 0 Å². The van der Waals surface area contributed by atoms with E-state index >= 15 is 0 Å².